The standard InChI is InChI=1S/C15H10FNO4/c16-13-5-3-10(4-6-13)1-2-11-7-12(9-18)15(19)14(8-11)17(20)21/h1-9,19H/b2-1+. The molecule has 0 radical (unpaired) electrons. The highest BCUT2D eigenvalue weighted by molar-refractivity contribution is 5.85. The molecule has 1 N–H and O–H groups in total. The van der Waals surface area contributed by atoms with Crippen LogP contribution in [0, 0.1) is 15.9 Å². The van der Waals surface area contributed by atoms with Crippen LogP contribution in [0.3, 0.4) is 0 Å². The molecule has 0 saturated carbocycles. The monoisotopic (exact) mass is 287 g/mol. The van der Waals surface area contributed by atoms with Gasteiger partial charge in [0.15, 0.2) is 6.29 Å². The maximum Gasteiger partial charge on any atom is 0.312 e. The maximum absolute atomic E-state index is 12.8. The number of carbonyl (C=O) groups excluding carboxylic acids is 1. The lowest BCUT2D eigenvalue weighted by atomic mass is 10.1. The van der Waals surface area contributed by atoms with E-state index in [9.17, 15) is 24.4 Å². The average molecular weight is 287 g/mol. The molecule has 0 fully saturated rings. The van der Waals surface area contributed by atoms with Gasteiger partial charge in [0.1, 0.15) is 5.82 Å². The fraction of sp³-hybridized carbons (Fsp3) is 0. The van der Waals surface area contributed by atoms with Crippen LogP contribution in [0.5, 0.6) is 5.75 Å². The van der Waals surface area contributed by atoms with Crippen molar-refractivity contribution < 1.29 is 19.2 Å². The van der Waals surface area contributed by atoms with Crippen LogP contribution in [0.15, 0.2) is 36.4 Å². The van der Waals surface area contributed by atoms with Gasteiger partial charge in [-0.1, -0.05) is 24.3 Å². The van der Waals surface area contributed by atoms with Gasteiger partial charge in [-0.3, -0.25) is 14.9 Å². The average Bonchev–Trinajstić information content (AvgIpc) is 2.47. The van der Waals surface area contributed by atoms with Crippen LogP contribution in [0.4, 0.5) is 10.1 Å². The summed E-state index contributed by atoms with van der Waals surface area (Å²) in [5.41, 5.74) is 0.368. The first-order valence-corrected chi connectivity index (χ1v) is 5.91. The molecule has 0 aromatic heterocycles. The van der Waals surface area contributed by atoms with Crippen molar-refractivity contribution >= 4 is 24.1 Å². The lowest BCUT2D eigenvalue weighted by Gasteiger charge is -2.01. The number of phenols is 1. The minimum absolute atomic E-state index is 0.164. The van der Waals surface area contributed by atoms with Gasteiger partial charge in [-0.05, 0) is 29.3 Å². The van der Waals surface area contributed by atoms with Gasteiger partial charge in [-0.15, -0.1) is 0 Å². The van der Waals surface area contributed by atoms with Gasteiger partial charge in [-0.25, -0.2) is 4.39 Å². The van der Waals surface area contributed by atoms with E-state index in [2.05, 4.69) is 0 Å². The molecule has 0 atom stereocenters. The summed E-state index contributed by atoms with van der Waals surface area (Å²) in [6.45, 7) is 0. The Morgan fingerprint density at radius 3 is 2.29 bits per heavy atom. The Kier molecular flexibility index (Phi) is 4.08. The summed E-state index contributed by atoms with van der Waals surface area (Å²) in [7, 11) is 0. The van der Waals surface area contributed by atoms with Gasteiger partial charge in [0.25, 0.3) is 0 Å². The number of aldehydes is 1. The zero-order valence-electron chi connectivity index (χ0n) is 10.7. The summed E-state index contributed by atoms with van der Waals surface area (Å²) in [6, 6.07) is 8.14. The summed E-state index contributed by atoms with van der Waals surface area (Å²) >= 11 is 0. The number of hydrogen-bond acceptors (Lipinski definition) is 4. The second-order valence-corrected chi connectivity index (χ2v) is 4.24. The summed E-state index contributed by atoms with van der Waals surface area (Å²) in [6.07, 6.45) is 3.49. The molecule has 0 unspecified atom stereocenters. The smallest absolute Gasteiger partial charge is 0.312 e. The Labute approximate surface area is 119 Å². The third-order valence-corrected chi connectivity index (χ3v) is 2.80. The van der Waals surface area contributed by atoms with E-state index in [-0.39, 0.29) is 11.4 Å². The Balaban J connectivity index is 2.40. The summed E-state index contributed by atoms with van der Waals surface area (Å²) < 4.78 is 12.8. The fourth-order valence-electron chi connectivity index (χ4n) is 1.76. The quantitative estimate of drug-likeness (QED) is 0.404. The van der Waals surface area contributed by atoms with Crippen molar-refractivity contribution in [3.63, 3.8) is 0 Å². The largest absolute Gasteiger partial charge is 0.502 e. The summed E-state index contributed by atoms with van der Waals surface area (Å²) in [4.78, 5) is 20.9. The molecule has 0 saturated heterocycles. The van der Waals surface area contributed by atoms with Gasteiger partial charge in [0.05, 0.1) is 10.5 Å². The van der Waals surface area contributed by atoms with Gasteiger partial charge < -0.3 is 5.11 Å². The van der Waals surface area contributed by atoms with Crippen LogP contribution < -0.4 is 0 Å². The predicted molar refractivity (Wildman–Crippen MR) is 75.5 cm³/mol. The van der Waals surface area contributed by atoms with E-state index in [4.69, 9.17) is 0 Å². The minimum atomic E-state index is -0.766. The molecule has 106 valence electrons. The van der Waals surface area contributed by atoms with Crippen molar-refractivity contribution in [2.75, 3.05) is 0 Å². The number of hydrogen-bond donors (Lipinski definition) is 1. The molecular formula is C15H10FNO4. The number of aromatic hydroxyl groups is 1. The molecule has 6 heteroatoms. The molecule has 0 amide bonds. The van der Waals surface area contributed by atoms with Gasteiger partial charge >= 0.3 is 5.69 Å². The Bertz CT molecular complexity index is 723. The molecule has 0 aliphatic carbocycles. The lowest BCUT2D eigenvalue weighted by Crippen LogP contribution is -1.93. The summed E-state index contributed by atoms with van der Waals surface area (Å²) in [5.74, 6) is -1.02. The molecule has 2 aromatic rings. The van der Waals surface area contributed by atoms with E-state index in [0.29, 0.717) is 17.4 Å². The molecule has 0 aliphatic rings. The number of nitrogens with zero attached hydrogens (tertiary/aromatic N) is 1. The zero-order valence-corrected chi connectivity index (χ0v) is 10.7. The van der Waals surface area contributed by atoms with Crippen LogP contribution in [0.25, 0.3) is 12.2 Å². The fourth-order valence-corrected chi connectivity index (χ4v) is 1.76. The van der Waals surface area contributed by atoms with E-state index in [0.717, 1.165) is 6.07 Å². The Morgan fingerprint density at radius 1 is 1.10 bits per heavy atom. The van der Waals surface area contributed by atoms with Gasteiger partial charge in [-0.2, -0.15) is 0 Å². The topological polar surface area (TPSA) is 80.4 Å². The van der Waals surface area contributed by atoms with E-state index in [1.54, 1.807) is 18.2 Å². The molecule has 2 aromatic carbocycles. The van der Waals surface area contributed by atoms with Crippen molar-refractivity contribution in [2.24, 2.45) is 0 Å². The number of halogens is 1. The molecule has 0 heterocycles. The number of carbonyl (C=O) groups is 1. The first kappa shape index (κ1) is 14.4. The van der Waals surface area contributed by atoms with Gasteiger partial charge in [0.2, 0.25) is 5.75 Å². The van der Waals surface area contributed by atoms with E-state index in [1.807, 2.05) is 0 Å². The second-order valence-electron chi connectivity index (χ2n) is 4.24. The SMILES string of the molecule is O=Cc1cc(/C=C/c2ccc(F)cc2)cc([N+](=O)[O-])c1O. The Hall–Kier alpha value is -3.02. The lowest BCUT2D eigenvalue weighted by molar-refractivity contribution is -0.385. The first-order chi connectivity index (χ1) is 10.0. The Morgan fingerprint density at radius 2 is 1.71 bits per heavy atom. The van der Waals surface area contributed by atoms with Crippen LogP contribution in [-0.4, -0.2) is 16.3 Å². The van der Waals surface area contributed by atoms with Crippen LogP contribution in [0.2, 0.25) is 0 Å². The molecular weight excluding hydrogens is 277 g/mol. The zero-order chi connectivity index (χ0) is 15.4. The molecule has 5 nitrogen and oxygen atoms in total. The highest BCUT2D eigenvalue weighted by Gasteiger charge is 2.17. The van der Waals surface area contributed by atoms with Gasteiger partial charge in [0, 0.05) is 6.07 Å². The molecule has 0 aliphatic heterocycles. The third-order valence-electron chi connectivity index (χ3n) is 2.80. The van der Waals surface area contributed by atoms with E-state index < -0.39 is 16.4 Å². The van der Waals surface area contributed by atoms with Crippen LogP contribution >= 0.6 is 0 Å². The van der Waals surface area contributed by atoms with E-state index in [1.165, 1.54) is 24.3 Å². The second kappa shape index (κ2) is 5.96. The molecule has 2 rings (SSSR count). The maximum atomic E-state index is 12.8. The third kappa shape index (κ3) is 3.30. The van der Waals surface area contributed by atoms with Crippen molar-refractivity contribution in [2.45, 2.75) is 0 Å². The first-order valence-electron chi connectivity index (χ1n) is 5.91. The van der Waals surface area contributed by atoms with Crippen LogP contribution in [-0.2, 0) is 0 Å². The minimum Gasteiger partial charge on any atom is -0.502 e. The number of benzene rings is 2. The number of nitro groups is 1. The van der Waals surface area contributed by atoms with Crippen molar-refractivity contribution in [1.82, 2.24) is 0 Å². The highest BCUT2D eigenvalue weighted by Crippen LogP contribution is 2.30. The normalized spacial score (nSPS) is 10.7. The van der Waals surface area contributed by atoms with Crippen LogP contribution in [0.1, 0.15) is 21.5 Å². The molecule has 21 heavy (non-hydrogen) atoms. The number of nitro benzene ring substituents is 1. The highest BCUT2D eigenvalue weighted by atomic mass is 19.1. The molecule has 0 spiro atoms. The number of phenolic OH excluding ortho intramolecular Hbond substituents is 1. The number of rotatable bonds is 4. The van der Waals surface area contributed by atoms with E-state index >= 15 is 0 Å². The molecule has 0 bridgehead atoms. The van der Waals surface area contributed by atoms with Crippen molar-refractivity contribution in [1.29, 1.82) is 0 Å². The van der Waals surface area contributed by atoms with Crippen molar-refractivity contribution in [3.05, 3.63) is 69.0 Å². The van der Waals surface area contributed by atoms with Crippen molar-refractivity contribution in [3.8, 4) is 5.75 Å². The summed E-state index contributed by atoms with van der Waals surface area (Å²) in [5, 5.41) is 20.4. The predicted octanol–water partition coefficient (Wildman–Crippen LogP) is 3.42.